The van der Waals surface area contributed by atoms with Gasteiger partial charge < -0.3 is 127 Å². The maximum absolute atomic E-state index is 13.8. The summed E-state index contributed by atoms with van der Waals surface area (Å²) in [4.78, 5) is 115. The number of carbonyl (C=O) groups excluding carboxylic acids is 8. The molecule has 4 heterocycles. The van der Waals surface area contributed by atoms with Crippen LogP contribution in [0.5, 0.6) is 5.75 Å². The van der Waals surface area contributed by atoms with E-state index in [2.05, 4.69) is 26.6 Å². The number of pyridine rings is 1. The monoisotopic (exact) mass is 1620 g/mol. The lowest BCUT2D eigenvalue weighted by molar-refractivity contribution is -0.277. The molecule has 2 aliphatic rings. The van der Waals surface area contributed by atoms with Crippen LogP contribution in [-0.4, -0.2) is 328 Å². The molecular weight excluding hydrogens is 1500 g/mol. The molecule has 10 N–H and O–H groups in total. The van der Waals surface area contributed by atoms with Crippen LogP contribution in [0.1, 0.15) is 92.9 Å². The summed E-state index contributed by atoms with van der Waals surface area (Å²) in [7, 11) is 2.88. The minimum absolute atomic E-state index is 0.0170. The van der Waals surface area contributed by atoms with E-state index in [9.17, 15) is 63.9 Å². The van der Waals surface area contributed by atoms with Gasteiger partial charge in [0.2, 0.25) is 29.9 Å². The van der Waals surface area contributed by atoms with Crippen molar-refractivity contribution in [2.45, 2.75) is 127 Å². The van der Waals surface area contributed by atoms with E-state index in [1.54, 1.807) is 19.2 Å². The highest BCUT2D eigenvalue weighted by atomic mass is 16.7. The van der Waals surface area contributed by atoms with Crippen LogP contribution in [0, 0.1) is 0 Å². The molecule has 6 rings (SSSR count). The number of methoxy groups -OCH3 is 2. The van der Waals surface area contributed by atoms with E-state index in [1.165, 1.54) is 31.4 Å². The van der Waals surface area contributed by atoms with Crippen molar-refractivity contribution in [2.75, 3.05) is 210 Å². The first-order valence-corrected chi connectivity index (χ1v) is 38.6. The number of carbonyl (C=O) groups is 8. The van der Waals surface area contributed by atoms with E-state index in [4.69, 9.17) is 85.8 Å². The summed E-state index contributed by atoms with van der Waals surface area (Å²) in [6.45, 7) is 10.6. The summed E-state index contributed by atoms with van der Waals surface area (Å²) in [5.41, 5.74) is 1.72. The number of anilines is 2. The van der Waals surface area contributed by atoms with Crippen LogP contribution in [0.15, 0.2) is 48.6 Å². The topological polar surface area (TPSA) is 479 Å². The maximum atomic E-state index is 13.8. The first kappa shape index (κ1) is 94.8. The van der Waals surface area contributed by atoms with E-state index in [1.807, 2.05) is 11.5 Å². The number of nitrogens with zero attached hydrogens (tertiary/aromatic N) is 4. The predicted octanol–water partition coefficient (Wildman–Crippen LogP) is 1.16. The van der Waals surface area contributed by atoms with E-state index in [0.717, 1.165) is 35.7 Å². The summed E-state index contributed by atoms with van der Waals surface area (Å²) in [5.74, 6) is -3.54. The number of benzene rings is 2. The number of ether oxygens (including phenoxy) is 16. The number of hydrogen-bond donors (Lipinski definition) is 10. The second kappa shape index (κ2) is 56.2. The molecule has 6 atom stereocenters. The van der Waals surface area contributed by atoms with Crippen LogP contribution >= 0.6 is 0 Å². The summed E-state index contributed by atoms with van der Waals surface area (Å²) in [6, 6.07) is 7.87. The third-order valence-corrected chi connectivity index (χ3v) is 17.4. The highest BCUT2D eigenvalue weighted by Gasteiger charge is 2.45. The zero-order valence-electron chi connectivity index (χ0n) is 65.4. The zero-order valence-corrected chi connectivity index (χ0v) is 65.4. The number of hydrogen-bond acceptors (Lipinski definition) is 31. The largest absolute Gasteiger partial charge is 0.465 e. The Hall–Kier alpha value is -8.10. The van der Waals surface area contributed by atoms with Crippen molar-refractivity contribution < 1.29 is 140 Å². The normalized spacial score (nSPS) is 16.4. The summed E-state index contributed by atoms with van der Waals surface area (Å²) < 4.78 is 89.5. The van der Waals surface area contributed by atoms with Crippen molar-refractivity contribution in [3.8, 4) is 5.75 Å². The first-order chi connectivity index (χ1) is 55.5. The Bertz CT molecular complexity index is 3530. The Kier molecular flexibility index (Phi) is 46.7. The van der Waals surface area contributed by atoms with Crippen molar-refractivity contribution >= 4 is 80.9 Å². The Morgan fingerprint density at radius 2 is 1.15 bits per heavy atom. The predicted molar refractivity (Wildman–Crippen MR) is 407 cm³/mol. The molecule has 0 aliphatic carbocycles. The van der Waals surface area contributed by atoms with Crippen LogP contribution in [0.25, 0.3) is 21.9 Å². The highest BCUT2D eigenvalue weighted by Crippen LogP contribution is 2.34. The van der Waals surface area contributed by atoms with Crippen molar-refractivity contribution in [1.29, 1.82) is 0 Å². The average Bonchev–Trinajstić information content (AvgIpc) is 1.55. The number of imidazole rings is 1. The standard InChI is InChI=1S/C76H115N9O29/c1-4-5-11-61-82-67-68(84(61)23-8-9-25-86)55-14-13-54(74(97)100-3)50-57(55)81-72(67)83-76(98)112-52-53-12-15-59(113-75-71(95)70(94)69(93)60(51-87)114-75)58(49-53)80-63(89)18-22-78-73(96)56(79-64(90)19-24-85-65(91)16-17-66(85)92)10-6-7-21-77-62(88)20-26-101-29-30-103-33-34-105-37-38-107-41-42-109-45-46-111-48-47-110-44-43-108-40-39-106-36-35-104-32-31-102-28-27-99-2/h12-17,49-50,56,60,69-71,75,86-87,93-95H,4-11,18-48,51-52H2,1-3H3,(H,77,88)(H,78,96)(H,79,90)(H,80,89)(H,81,83,98)/t56-,60+,69+,70-,71-,75-/m0/s1. The van der Waals surface area contributed by atoms with E-state index in [-0.39, 0.29) is 106 Å². The van der Waals surface area contributed by atoms with Gasteiger partial charge in [0, 0.05) is 83.1 Å². The van der Waals surface area contributed by atoms with Gasteiger partial charge in [-0.1, -0.05) is 19.4 Å². The Balaban J connectivity index is 0.889. The lowest BCUT2D eigenvalue weighted by Crippen LogP contribution is -2.60. The average molecular weight is 1620 g/mol. The number of aromatic nitrogens is 3. The Morgan fingerprint density at radius 1 is 0.570 bits per heavy atom. The molecule has 638 valence electrons. The van der Waals surface area contributed by atoms with E-state index < -0.39 is 91.6 Å². The fourth-order valence-electron chi connectivity index (χ4n) is 11.3. The van der Waals surface area contributed by atoms with Gasteiger partial charge in [0.15, 0.2) is 5.82 Å². The highest BCUT2D eigenvalue weighted by molar-refractivity contribution is 6.13. The van der Waals surface area contributed by atoms with E-state index >= 15 is 0 Å². The molecule has 0 spiro atoms. The number of aliphatic hydroxyl groups excluding tert-OH is 5. The minimum Gasteiger partial charge on any atom is -0.465 e. The molecule has 0 bridgehead atoms. The molecule has 2 aromatic heterocycles. The third kappa shape index (κ3) is 35.2. The maximum Gasteiger partial charge on any atom is 0.413 e. The van der Waals surface area contributed by atoms with Crippen molar-refractivity contribution in [3.63, 3.8) is 0 Å². The van der Waals surface area contributed by atoms with Crippen LogP contribution < -0.4 is 31.3 Å². The van der Waals surface area contributed by atoms with Crippen molar-refractivity contribution in [3.05, 3.63) is 65.5 Å². The molecule has 1 saturated heterocycles. The minimum atomic E-state index is -1.85. The summed E-state index contributed by atoms with van der Waals surface area (Å²) in [5, 5.41) is 65.6. The zero-order chi connectivity index (χ0) is 81.9. The van der Waals surface area contributed by atoms with Crippen LogP contribution in [0.2, 0.25) is 0 Å². The number of amides is 7. The fraction of sp³-hybridized carbons (Fsp3) is 0.658. The van der Waals surface area contributed by atoms with Crippen molar-refractivity contribution in [1.82, 2.24) is 35.4 Å². The second-order valence-corrected chi connectivity index (χ2v) is 25.9. The number of rotatable bonds is 64. The van der Waals surface area contributed by atoms with Gasteiger partial charge in [-0.2, -0.15) is 0 Å². The molecule has 0 radical (unpaired) electrons. The molecular formula is C76H115N9O29. The molecule has 2 aromatic carbocycles. The van der Waals surface area contributed by atoms with Gasteiger partial charge in [-0.15, -0.1) is 0 Å². The molecule has 2 aliphatic heterocycles. The van der Waals surface area contributed by atoms with Gasteiger partial charge in [0.1, 0.15) is 54.2 Å². The van der Waals surface area contributed by atoms with E-state index in [0.29, 0.717) is 193 Å². The summed E-state index contributed by atoms with van der Waals surface area (Å²) in [6.07, 6.45) is -3.73. The molecule has 1 fully saturated rings. The second-order valence-electron chi connectivity index (χ2n) is 25.9. The molecule has 0 saturated carbocycles. The molecule has 38 heteroatoms. The lowest BCUT2D eigenvalue weighted by Gasteiger charge is -2.39. The Labute approximate surface area is 661 Å². The summed E-state index contributed by atoms with van der Waals surface area (Å²) >= 11 is 0. The van der Waals surface area contributed by atoms with Gasteiger partial charge in [-0.3, -0.25) is 39.0 Å². The first-order valence-electron chi connectivity index (χ1n) is 38.6. The third-order valence-electron chi connectivity index (χ3n) is 17.4. The van der Waals surface area contributed by atoms with Gasteiger partial charge in [-0.25, -0.2) is 19.6 Å². The van der Waals surface area contributed by atoms with Gasteiger partial charge >= 0.3 is 12.1 Å². The number of nitrogens with one attached hydrogen (secondary N) is 5. The van der Waals surface area contributed by atoms with Crippen LogP contribution in [0.4, 0.5) is 16.3 Å². The number of aryl methyl sites for hydroxylation is 2. The molecule has 4 aromatic rings. The van der Waals surface area contributed by atoms with Gasteiger partial charge in [0.25, 0.3) is 11.8 Å². The number of unbranched alkanes of at least 4 members (excludes halogenated alkanes) is 3. The molecule has 38 nitrogen and oxygen atoms in total. The lowest BCUT2D eigenvalue weighted by atomic mass is 9.99. The smallest absolute Gasteiger partial charge is 0.413 e. The number of aliphatic hydroxyl groups is 5. The Morgan fingerprint density at radius 3 is 1.70 bits per heavy atom. The van der Waals surface area contributed by atoms with Crippen molar-refractivity contribution in [2.24, 2.45) is 0 Å². The van der Waals surface area contributed by atoms with Gasteiger partial charge in [0.05, 0.1) is 188 Å². The number of esters is 1. The molecule has 0 unspecified atom stereocenters. The van der Waals surface area contributed by atoms with Crippen LogP contribution in [-0.2, 0) is 119 Å². The SMILES string of the molecule is CCCCc1nc2c(NC(=O)OCc3ccc(O[C@H]4O[C@H](CO)[C@@H](O)[C@H](O)[C@@H]4O)c(NC(=O)CCNC(=O)[C@H](CCCCNC(=O)CCOCCOCCOCCOCCOCCOCCOCCOCCOCCOCCOCCOC)NC(=O)CCN4C(=O)C=CC4=O)c3)nc3cc(C(=O)OC)ccc3c2n1CCCCO. The quantitative estimate of drug-likeness (QED) is 0.0168. The molecule has 114 heavy (non-hydrogen) atoms. The number of fused-ring (bicyclic) bond motifs is 3. The fourth-order valence-corrected chi connectivity index (χ4v) is 11.3. The molecule has 7 amide bonds. The van der Waals surface area contributed by atoms with Crippen LogP contribution in [0.3, 0.4) is 0 Å². The number of imide groups is 1. The van der Waals surface area contributed by atoms with Gasteiger partial charge in [-0.05, 0) is 74.4 Å².